The van der Waals surface area contributed by atoms with Gasteiger partial charge in [0.1, 0.15) is 0 Å². The number of hydrogen-bond donors (Lipinski definition) is 1. The Labute approximate surface area is 143 Å². The molecule has 0 radical (unpaired) electrons. The molecule has 2 rings (SSSR count). The first-order chi connectivity index (χ1) is 11.6. The van der Waals surface area contributed by atoms with Gasteiger partial charge in [-0.05, 0) is 19.1 Å². The van der Waals surface area contributed by atoms with Crippen molar-refractivity contribution < 1.29 is 14.3 Å². The Morgan fingerprint density at radius 3 is 2.67 bits per heavy atom. The van der Waals surface area contributed by atoms with Gasteiger partial charge in [-0.3, -0.25) is 14.5 Å². The second kappa shape index (κ2) is 9.39. The van der Waals surface area contributed by atoms with Gasteiger partial charge in [-0.15, -0.1) is 0 Å². The molecule has 0 aromatic heterocycles. The van der Waals surface area contributed by atoms with E-state index in [9.17, 15) is 9.59 Å². The fourth-order valence-electron chi connectivity index (χ4n) is 2.71. The maximum Gasteiger partial charge on any atom is 0.251 e. The van der Waals surface area contributed by atoms with Crippen molar-refractivity contribution in [3.8, 4) is 0 Å². The van der Waals surface area contributed by atoms with Gasteiger partial charge in [0.15, 0.2) is 0 Å². The molecule has 24 heavy (non-hydrogen) atoms. The van der Waals surface area contributed by atoms with Crippen molar-refractivity contribution in [1.82, 2.24) is 15.1 Å². The summed E-state index contributed by atoms with van der Waals surface area (Å²) in [6, 6.07) is 7.48. The van der Waals surface area contributed by atoms with Gasteiger partial charge in [-0.1, -0.05) is 17.7 Å². The lowest BCUT2D eigenvalue weighted by Gasteiger charge is -2.29. The topological polar surface area (TPSA) is 61.9 Å². The minimum absolute atomic E-state index is 0.0352. The van der Waals surface area contributed by atoms with Crippen LogP contribution in [0.2, 0.25) is 0 Å². The zero-order valence-corrected chi connectivity index (χ0v) is 14.6. The standard InChI is InChI=1S/C18H27N3O3/c1-15-4-3-5-17(14-15)18(23)19-6-7-21(16(2)22)9-8-20-10-12-24-13-11-20/h3-5,14H,6-13H2,1-2H3,(H,19,23). The first-order valence-corrected chi connectivity index (χ1v) is 8.47. The summed E-state index contributed by atoms with van der Waals surface area (Å²) in [4.78, 5) is 28.0. The number of nitrogens with one attached hydrogen (secondary N) is 1. The average Bonchev–Trinajstić information content (AvgIpc) is 2.58. The largest absolute Gasteiger partial charge is 0.379 e. The number of aryl methyl sites for hydroxylation is 1. The normalized spacial score (nSPS) is 15.1. The number of rotatable bonds is 7. The van der Waals surface area contributed by atoms with Crippen LogP contribution in [-0.2, 0) is 9.53 Å². The molecule has 1 aromatic rings. The molecule has 0 saturated carbocycles. The van der Waals surface area contributed by atoms with Gasteiger partial charge >= 0.3 is 0 Å². The molecule has 1 saturated heterocycles. The third-order valence-corrected chi connectivity index (χ3v) is 4.18. The molecule has 1 fully saturated rings. The van der Waals surface area contributed by atoms with Crippen molar-refractivity contribution in [3.63, 3.8) is 0 Å². The second-order valence-corrected chi connectivity index (χ2v) is 6.09. The molecular weight excluding hydrogens is 306 g/mol. The molecule has 0 bridgehead atoms. The Bertz CT molecular complexity index is 556. The molecule has 6 heteroatoms. The first kappa shape index (κ1) is 18.4. The monoisotopic (exact) mass is 333 g/mol. The van der Waals surface area contributed by atoms with Crippen molar-refractivity contribution in [2.45, 2.75) is 13.8 Å². The Balaban J connectivity index is 1.74. The van der Waals surface area contributed by atoms with E-state index >= 15 is 0 Å². The highest BCUT2D eigenvalue weighted by atomic mass is 16.5. The van der Waals surface area contributed by atoms with Crippen LogP contribution < -0.4 is 5.32 Å². The molecule has 132 valence electrons. The highest BCUT2D eigenvalue weighted by Gasteiger charge is 2.14. The number of amides is 2. The van der Waals surface area contributed by atoms with Gasteiger partial charge in [0.2, 0.25) is 5.91 Å². The third-order valence-electron chi connectivity index (χ3n) is 4.18. The van der Waals surface area contributed by atoms with Gasteiger partial charge in [-0.2, -0.15) is 0 Å². The summed E-state index contributed by atoms with van der Waals surface area (Å²) >= 11 is 0. The predicted molar refractivity (Wildman–Crippen MR) is 93.0 cm³/mol. The number of hydrogen-bond acceptors (Lipinski definition) is 4. The van der Waals surface area contributed by atoms with E-state index < -0.39 is 0 Å². The molecule has 6 nitrogen and oxygen atoms in total. The van der Waals surface area contributed by atoms with Gasteiger partial charge in [0.05, 0.1) is 13.2 Å². The van der Waals surface area contributed by atoms with E-state index in [0.29, 0.717) is 25.2 Å². The summed E-state index contributed by atoms with van der Waals surface area (Å²) in [6.45, 7) is 9.36. The fraction of sp³-hybridized carbons (Fsp3) is 0.556. The highest BCUT2D eigenvalue weighted by molar-refractivity contribution is 5.94. The minimum atomic E-state index is -0.101. The Morgan fingerprint density at radius 1 is 1.25 bits per heavy atom. The predicted octanol–water partition coefficient (Wildman–Crippen LogP) is 0.906. The number of carbonyl (C=O) groups excluding carboxylic acids is 2. The zero-order valence-electron chi connectivity index (χ0n) is 14.6. The lowest BCUT2D eigenvalue weighted by molar-refractivity contribution is -0.129. The van der Waals surface area contributed by atoms with Crippen LogP contribution in [0.4, 0.5) is 0 Å². The van der Waals surface area contributed by atoms with E-state index in [4.69, 9.17) is 4.74 Å². The number of benzene rings is 1. The second-order valence-electron chi connectivity index (χ2n) is 6.09. The first-order valence-electron chi connectivity index (χ1n) is 8.47. The Kier molecular flexibility index (Phi) is 7.21. The Hall–Kier alpha value is -1.92. The molecule has 0 atom stereocenters. The molecule has 0 spiro atoms. The number of morpholine rings is 1. The fourth-order valence-corrected chi connectivity index (χ4v) is 2.71. The van der Waals surface area contributed by atoms with Crippen molar-refractivity contribution >= 4 is 11.8 Å². The minimum Gasteiger partial charge on any atom is -0.379 e. The molecule has 0 aliphatic carbocycles. The molecule has 1 aliphatic heterocycles. The van der Waals surface area contributed by atoms with Crippen molar-refractivity contribution in [2.75, 3.05) is 52.5 Å². The lowest BCUT2D eigenvalue weighted by Crippen LogP contribution is -2.44. The molecule has 0 unspecified atom stereocenters. The molecule has 1 heterocycles. The quantitative estimate of drug-likeness (QED) is 0.805. The van der Waals surface area contributed by atoms with E-state index in [1.165, 1.54) is 0 Å². The van der Waals surface area contributed by atoms with Crippen LogP contribution in [0.1, 0.15) is 22.8 Å². The van der Waals surface area contributed by atoms with Gasteiger partial charge < -0.3 is 15.0 Å². The van der Waals surface area contributed by atoms with E-state index in [1.54, 1.807) is 17.9 Å². The van der Waals surface area contributed by atoms with Crippen LogP contribution in [-0.4, -0.2) is 74.1 Å². The van der Waals surface area contributed by atoms with E-state index in [2.05, 4.69) is 10.2 Å². The van der Waals surface area contributed by atoms with Crippen molar-refractivity contribution in [3.05, 3.63) is 35.4 Å². The summed E-state index contributed by atoms with van der Waals surface area (Å²) in [5.41, 5.74) is 1.70. The maximum atomic E-state index is 12.1. The average molecular weight is 333 g/mol. The third kappa shape index (κ3) is 5.94. The summed E-state index contributed by atoms with van der Waals surface area (Å²) in [5, 5.41) is 2.88. The van der Waals surface area contributed by atoms with Crippen molar-refractivity contribution in [1.29, 1.82) is 0 Å². The van der Waals surface area contributed by atoms with E-state index in [-0.39, 0.29) is 11.8 Å². The maximum absolute atomic E-state index is 12.1. The lowest BCUT2D eigenvalue weighted by atomic mass is 10.1. The molecule has 2 amide bonds. The molecular formula is C18H27N3O3. The smallest absolute Gasteiger partial charge is 0.251 e. The van der Waals surface area contributed by atoms with Crippen LogP contribution in [0.15, 0.2) is 24.3 Å². The van der Waals surface area contributed by atoms with Crippen LogP contribution in [0, 0.1) is 6.92 Å². The van der Waals surface area contributed by atoms with Crippen LogP contribution >= 0.6 is 0 Å². The molecule has 1 N–H and O–H groups in total. The number of ether oxygens (including phenoxy) is 1. The van der Waals surface area contributed by atoms with E-state index in [1.807, 2.05) is 25.1 Å². The summed E-state index contributed by atoms with van der Waals surface area (Å²) in [5.74, 6) is -0.0663. The van der Waals surface area contributed by atoms with Crippen LogP contribution in [0.25, 0.3) is 0 Å². The van der Waals surface area contributed by atoms with Crippen LogP contribution in [0.3, 0.4) is 0 Å². The SMILES string of the molecule is CC(=O)N(CCNC(=O)c1cccc(C)c1)CCN1CCOCC1. The number of nitrogens with zero attached hydrogens (tertiary/aromatic N) is 2. The Morgan fingerprint density at radius 2 is 2.00 bits per heavy atom. The summed E-state index contributed by atoms with van der Waals surface area (Å²) in [6.07, 6.45) is 0. The number of carbonyl (C=O) groups is 2. The summed E-state index contributed by atoms with van der Waals surface area (Å²) in [7, 11) is 0. The zero-order chi connectivity index (χ0) is 17.4. The summed E-state index contributed by atoms with van der Waals surface area (Å²) < 4.78 is 5.33. The van der Waals surface area contributed by atoms with Crippen LogP contribution in [0.5, 0.6) is 0 Å². The van der Waals surface area contributed by atoms with Gasteiger partial charge in [-0.25, -0.2) is 0 Å². The van der Waals surface area contributed by atoms with Gasteiger partial charge in [0, 0.05) is 51.8 Å². The van der Waals surface area contributed by atoms with Crippen molar-refractivity contribution in [2.24, 2.45) is 0 Å². The van der Waals surface area contributed by atoms with Gasteiger partial charge in [0.25, 0.3) is 5.91 Å². The molecule has 1 aliphatic rings. The van der Waals surface area contributed by atoms with E-state index in [0.717, 1.165) is 38.4 Å². The highest BCUT2D eigenvalue weighted by Crippen LogP contribution is 2.03. The molecule has 1 aromatic carbocycles.